The van der Waals surface area contributed by atoms with Crippen LogP contribution in [0.2, 0.25) is 0 Å². The zero-order valence-corrected chi connectivity index (χ0v) is 11.6. The van der Waals surface area contributed by atoms with E-state index in [1.165, 1.54) is 12.7 Å². The van der Waals surface area contributed by atoms with Crippen molar-refractivity contribution in [3.8, 4) is 0 Å². The van der Waals surface area contributed by atoms with Crippen molar-refractivity contribution >= 4 is 5.97 Å². The molecule has 1 aromatic rings. The summed E-state index contributed by atoms with van der Waals surface area (Å²) in [5, 5.41) is 0. The number of esters is 1. The number of carbonyl (C=O) groups is 1. The third kappa shape index (κ3) is 3.14. The highest BCUT2D eigenvalue weighted by atomic mass is 16.5. The van der Waals surface area contributed by atoms with Gasteiger partial charge in [-0.3, -0.25) is 9.69 Å². The molecule has 0 radical (unpaired) electrons. The first-order valence-electron chi connectivity index (χ1n) is 6.54. The van der Waals surface area contributed by atoms with E-state index in [4.69, 9.17) is 9.47 Å². The van der Waals surface area contributed by atoms with Crippen LogP contribution in [0.3, 0.4) is 0 Å². The Bertz CT molecular complexity index is 421. The molecular formula is C15H21NO3. The fourth-order valence-electron chi connectivity index (χ4n) is 2.77. The fourth-order valence-corrected chi connectivity index (χ4v) is 2.77. The molecule has 1 atom stereocenters. The molecule has 0 N–H and O–H groups in total. The number of nitrogens with zero attached hydrogens (tertiary/aromatic N) is 1. The van der Waals surface area contributed by atoms with Crippen molar-refractivity contribution in [1.82, 2.24) is 4.90 Å². The normalized spacial score (nSPS) is 23.5. The number of rotatable bonds is 5. The zero-order chi connectivity index (χ0) is 13.7. The second kappa shape index (κ2) is 6.17. The van der Waals surface area contributed by atoms with Crippen LogP contribution in [-0.2, 0) is 20.8 Å². The summed E-state index contributed by atoms with van der Waals surface area (Å²) in [4.78, 5) is 14.3. The van der Waals surface area contributed by atoms with Gasteiger partial charge < -0.3 is 9.47 Å². The highest BCUT2D eigenvalue weighted by molar-refractivity contribution is 5.77. The van der Waals surface area contributed by atoms with Gasteiger partial charge in [0.25, 0.3) is 0 Å². The maximum Gasteiger partial charge on any atom is 0.315 e. The Morgan fingerprint density at radius 1 is 1.32 bits per heavy atom. The number of hydrogen-bond donors (Lipinski definition) is 0. The molecule has 0 bridgehead atoms. The van der Waals surface area contributed by atoms with Crippen molar-refractivity contribution in [3.05, 3.63) is 35.9 Å². The number of carbonyl (C=O) groups excluding carboxylic acids is 1. The van der Waals surface area contributed by atoms with Crippen LogP contribution in [-0.4, -0.2) is 44.8 Å². The summed E-state index contributed by atoms with van der Waals surface area (Å²) in [5.41, 5.74) is 0.763. The largest absolute Gasteiger partial charge is 0.468 e. The van der Waals surface area contributed by atoms with Gasteiger partial charge in [-0.05, 0) is 18.5 Å². The van der Waals surface area contributed by atoms with Crippen molar-refractivity contribution < 1.29 is 14.3 Å². The highest BCUT2D eigenvalue weighted by Gasteiger charge is 2.45. The molecule has 19 heavy (non-hydrogen) atoms. The molecule has 104 valence electrons. The molecule has 4 nitrogen and oxygen atoms in total. The van der Waals surface area contributed by atoms with E-state index < -0.39 is 5.41 Å². The molecule has 1 aliphatic heterocycles. The average Bonchev–Trinajstić information content (AvgIpc) is 2.84. The summed E-state index contributed by atoms with van der Waals surface area (Å²) < 4.78 is 10.2. The minimum Gasteiger partial charge on any atom is -0.468 e. The Hall–Kier alpha value is -1.39. The van der Waals surface area contributed by atoms with Gasteiger partial charge in [-0.25, -0.2) is 0 Å². The Labute approximate surface area is 114 Å². The van der Waals surface area contributed by atoms with Crippen LogP contribution in [0.1, 0.15) is 12.0 Å². The average molecular weight is 263 g/mol. The highest BCUT2D eigenvalue weighted by Crippen LogP contribution is 2.33. The number of methoxy groups -OCH3 is 2. The SMILES string of the molecule is COCC1(C(=O)OC)CCN(Cc2ccccc2)C1. The van der Waals surface area contributed by atoms with Crippen LogP contribution >= 0.6 is 0 Å². The predicted octanol–water partition coefficient (Wildman–Crippen LogP) is 1.70. The van der Waals surface area contributed by atoms with Crippen molar-refractivity contribution in [3.63, 3.8) is 0 Å². The molecule has 1 saturated heterocycles. The first-order valence-corrected chi connectivity index (χ1v) is 6.54. The van der Waals surface area contributed by atoms with Crippen LogP contribution in [0.4, 0.5) is 0 Å². The Kier molecular flexibility index (Phi) is 4.56. The third-order valence-corrected chi connectivity index (χ3v) is 3.72. The van der Waals surface area contributed by atoms with Crippen LogP contribution in [0, 0.1) is 5.41 Å². The molecule has 0 aliphatic carbocycles. The lowest BCUT2D eigenvalue weighted by atomic mass is 9.88. The summed E-state index contributed by atoms with van der Waals surface area (Å²) in [5.74, 6) is -0.162. The maximum atomic E-state index is 12.0. The summed E-state index contributed by atoms with van der Waals surface area (Å²) in [6, 6.07) is 10.3. The monoisotopic (exact) mass is 263 g/mol. The van der Waals surface area contributed by atoms with Crippen molar-refractivity contribution in [2.24, 2.45) is 5.41 Å². The first kappa shape index (κ1) is 14.0. The van der Waals surface area contributed by atoms with E-state index in [1.54, 1.807) is 7.11 Å². The van der Waals surface area contributed by atoms with Gasteiger partial charge in [0, 0.05) is 20.2 Å². The minimum atomic E-state index is -0.502. The summed E-state index contributed by atoms with van der Waals surface area (Å²) in [6.45, 7) is 2.88. The van der Waals surface area contributed by atoms with E-state index in [0.717, 1.165) is 19.5 Å². The lowest BCUT2D eigenvalue weighted by molar-refractivity contribution is -0.155. The molecule has 1 aliphatic rings. The molecule has 1 fully saturated rings. The van der Waals surface area contributed by atoms with Crippen molar-refractivity contribution in [2.75, 3.05) is 33.9 Å². The number of benzene rings is 1. The first-order chi connectivity index (χ1) is 9.20. The minimum absolute atomic E-state index is 0.162. The van der Waals surface area contributed by atoms with Gasteiger partial charge in [-0.1, -0.05) is 30.3 Å². The molecule has 1 heterocycles. The van der Waals surface area contributed by atoms with Gasteiger partial charge in [0.1, 0.15) is 5.41 Å². The van der Waals surface area contributed by atoms with Gasteiger partial charge in [0.15, 0.2) is 0 Å². The van der Waals surface area contributed by atoms with Crippen LogP contribution in [0.25, 0.3) is 0 Å². The topological polar surface area (TPSA) is 38.8 Å². The quantitative estimate of drug-likeness (QED) is 0.758. The lowest BCUT2D eigenvalue weighted by Crippen LogP contribution is -2.39. The molecule has 0 saturated carbocycles. The second-order valence-corrected chi connectivity index (χ2v) is 5.15. The van der Waals surface area contributed by atoms with E-state index in [0.29, 0.717) is 13.2 Å². The van der Waals surface area contributed by atoms with Crippen LogP contribution in [0.15, 0.2) is 30.3 Å². The predicted molar refractivity (Wildman–Crippen MR) is 72.7 cm³/mol. The molecule has 4 heteroatoms. The zero-order valence-electron chi connectivity index (χ0n) is 11.6. The maximum absolute atomic E-state index is 12.0. The molecule has 0 amide bonds. The molecular weight excluding hydrogens is 242 g/mol. The van der Waals surface area contributed by atoms with Crippen molar-refractivity contribution in [1.29, 1.82) is 0 Å². The summed E-state index contributed by atoms with van der Waals surface area (Å²) >= 11 is 0. The number of hydrogen-bond acceptors (Lipinski definition) is 4. The summed E-state index contributed by atoms with van der Waals surface area (Å²) in [6.07, 6.45) is 0.792. The van der Waals surface area contributed by atoms with Gasteiger partial charge >= 0.3 is 5.97 Å². The molecule has 2 rings (SSSR count). The summed E-state index contributed by atoms with van der Waals surface area (Å²) in [7, 11) is 3.07. The smallest absolute Gasteiger partial charge is 0.315 e. The fraction of sp³-hybridized carbons (Fsp3) is 0.533. The van der Waals surface area contributed by atoms with Crippen molar-refractivity contribution in [2.45, 2.75) is 13.0 Å². The number of ether oxygens (including phenoxy) is 2. The van der Waals surface area contributed by atoms with Gasteiger partial charge in [-0.15, -0.1) is 0 Å². The third-order valence-electron chi connectivity index (χ3n) is 3.72. The molecule has 0 spiro atoms. The Morgan fingerprint density at radius 3 is 2.68 bits per heavy atom. The van der Waals surface area contributed by atoms with E-state index in [-0.39, 0.29) is 5.97 Å². The number of likely N-dealkylation sites (tertiary alicyclic amines) is 1. The van der Waals surface area contributed by atoms with Crippen LogP contribution < -0.4 is 0 Å². The molecule has 1 aromatic carbocycles. The molecule has 1 unspecified atom stereocenters. The standard InChI is InChI=1S/C15H21NO3/c1-18-12-15(14(17)19-2)8-9-16(11-15)10-13-6-4-3-5-7-13/h3-7H,8-12H2,1-2H3. The van der Waals surface area contributed by atoms with Crippen LogP contribution in [0.5, 0.6) is 0 Å². The molecule has 0 aromatic heterocycles. The van der Waals surface area contributed by atoms with E-state index >= 15 is 0 Å². The lowest BCUT2D eigenvalue weighted by Gasteiger charge is -2.25. The Morgan fingerprint density at radius 2 is 2.05 bits per heavy atom. The van der Waals surface area contributed by atoms with Gasteiger partial charge in [0.2, 0.25) is 0 Å². The van der Waals surface area contributed by atoms with Gasteiger partial charge in [0.05, 0.1) is 13.7 Å². The van der Waals surface area contributed by atoms with E-state index in [2.05, 4.69) is 17.0 Å². The second-order valence-electron chi connectivity index (χ2n) is 5.15. The van der Waals surface area contributed by atoms with E-state index in [1.807, 2.05) is 18.2 Å². The Balaban J connectivity index is 2.02. The van der Waals surface area contributed by atoms with E-state index in [9.17, 15) is 4.79 Å². The van der Waals surface area contributed by atoms with Gasteiger partial charge in [-0.2, -0.15) is 0 Å².